The van der Waals surface area contributed by atoms with Crippen LogP contribution in [0.2, 0.25) is 0 Å². The highest BCUT2D eigenvalue weighted by Crippen LogP contribution is 2.20. The molecule has 0 spiro atoms. The number of carboxylic acid groups (broad SMARTS) is 2. The van der Waals surface area contributed by atoms with E-state index in [9.17, 15) is 19.8 Å². The molecule has 0 aliphatic heterocycles. The van der Waals surface area contributed by atoms with Gasteiger partial charge < -0.3 is 19.9 Å². The zero-order valence-electron chi connectivity index (χ0n) is 16.9. The first kappa shape index (κ1) is 21.1. The van der Waals surface area contributed by atoms with Gasteiger partial charge in [0, 0.05) is 12.8 Å². The summed E-state index contributed by atoms with van der Waals surface area (Å²) in [4.78, 5) is 30.0. The van der Waals surface area contributed by atoms with Crippen LogP contribution >= 0.6 is 0 Å². The number of carboxylic acids is 2. The summed E-state index contributed by atoms with van der Waals surface area (Å²) in [6.07, 6.45) is 2.01. The Morgan fingerprint density at radius 1 is 1.07 bits per heavy atom. The van der Waals surface area contributed by atoms with Crippen molar-refractivity contribution in [3.8, 4) is 5.75 Å². The zero-order chi connectivity index (χ0) is 21.7. The maximum Gasteiger partial charge on any atom is 0.356 e. The van der Waals surface area contributed by atoms with E-state index in [-0.39, 0.29) is 17.9 Å². The van der Waals surface area contributed by atoms with Crippen LogP contribution in [0.3, 0.4) is 0 Å². The van der Waals surface area contributed by atoms with Gasteiger partial charge in [-0.1, -0.05) is 31.2 Å². The molecule has 0 aliphatic carbocycles. The van der Waals surface area contributed by atoms with Crippen LogP contribution < -0.4 is 4.74 Å². The van der Waals surface area contributed by atoms with E-state index >= 15 is 0 Å². The lowest BCUT2D eigenvalue weighted by molar-refractivity contribution is 0.0681. The molecule has 0 fully saturated rings. The van der Waals surface area contributed by atoms with Gasteiger partial charge in [0.15, 0.2) is 5.69 Å². The van der Waals surface area contributed by atoms with Crippen molar-refractivity contribution < 1.29 is 24.5 Å². The smallest absolute Gasteiger partial charge is 0.356 e. The number of aromatic amines is 1. The fourth-order valence-electron chi connectivity index (χ4n) is 3.26. The summed E-state index contributed by atoms with van der Waals surface area (Å²) in [5.41, 5.74) is 3.34. The van der Waals surface area contributed by atoms with E-state index in [2.05, 4.69) is 9.97 Å². The van der Waals surface area contributed by atoms with Crippen LogP contribution in [-0.2, 0) is 19.4 Å². The molecule has 0 radical (unpaired) electrons. The quantitative estimate of drug-likeness (QED) is 0.488. The first-order valence-corrected chi connectivity index (χ1v) is 9.73. The number of aromatic carboxylic acids is 2. The Morgan fingerprint density at radius 2 is 1.80 bits per heavy atom. The number of benzene rings is 2. The van der Waals surface area contributed by atoms with Gasteiger partial charge in [0.25, 0.3) is 0 Å². The molecule has 0 aliphatic rings. The van der Waals surface area contributed by atoms with E-state index in [1.807, 2.05) is 37.3 Å². The summed E-state index contributed by atoms with van der Waals surface area (Å²) in [5.74, 6) is -0.666. The average molecular weight is 408 g/mol. The summed E-state index contributed by atoms with van der Waals surface area (Å²) in [7, 11) is 0. The molecule has 0 saturated carbocycles. The van der Waals surface area contributed by atoms with Crippen LogP contribution in [0.15, 0.2) is 42.5 Å². The topological polar surface area (TPSA) is 113 Å². The minimum Gasteiger partial charge on any atom is -0.489 e. The standard InChI is InChI=1S/C23H24N2O5/c1-3-5-20-24-19(21(25-20)23(28)29)12-15-8-10-17(11-9-15)30-13-16-6-4-7-18(14(16)2)22(26)27/h4,6-11H,3,5,12-13H2,1-2H3,(H,24,25)(H,26,27)(H,28,29). The molecule has 0 atom stereocenters. The number of ether oxygens (including phenoxy) is 1. The monoisotopic (exact) mass is 408 g/mol. The highest BCUT2D eigenvalue weighted by molar-refractivity contribution is 5.89. The van der Waals surface area contributed by atoms with Crippen molar-refractivity contribution in [3.63, 3.8) is 0 Å². The largest absolute Gasteiger partial charge is 0.489 e. The number of hydrogen-bond acceptors (Lipinski definition) is 4. The number of carbonyl (C=O) groups is 2. The van der Waals surface area contributed by atoms with Crippen molar-refractivity contribution in [2.75, 3.05) is 0 Å². The summed E-state index contributed by atoms with van der Waals surface area (Å²) in [5, 5.41) is 18.6. The molecule has 0 saturated heterocycles. The SMILES string of the molecule is CCCc1nc(C(=O)O)c(Cc2ccc(OCc3cccc(C(=O)O)c3C)cc2)[nH]1. The molecule has 30 heavy (non-hydrogen) atoms. The van der Waals surface area contributed by atoms with Crippen LogP contribution in [0.5, 0.6) is 5.75 Å². The average Bonchev–Trinajstić information content (AvgIpc) is 3.11. The Labute approximate surface area is 174 Å². The third-order valence-electron chi connectivity index (χ3n) is 4.89. The molecule has 0 amide bonds. The minimum absolute atomic E-state index is 0.0626. The summed E-state index contributed by atoms with van der Waals surface area (Å²) < 4.78 is 5.80. The number of nitrogens with one attached hydrogen (secondary N) is 1. The highest BCUT2D eigenvalue weighted by atomic mass is 16.5. The van der Waals surface area contributed by atoms with Gasteiger partial charge in [-0.2, -0.15) is 0 Å². The van der Waals surface area contributed by atoms with Gasteiger partial charge in [-0.25, -0.2) is 14.6 Å². The normalized spacial score (nSPS) is 10.7. The Morgan fingerprint density at radius 3 is 2.43 bits per heavy atom. The van der Waals surface area contributed by atoms with E-state index in [0.29, 0.717) is 35.7 Å². The predicted octanol–water partition coefficient (Wildman–Crippen LogP) is 4.24. The number of aryl methyl sites for hydroxylation is 1. The second kappa shape index (κ2) is 9.26. The summed E-state index contributed by atoms with van der Waals surface area (Å²) in [6, 6.07) is 12.5. The molecule has 1 heterocycles. The number of aromatic nitrogens is 2. The van der Waals surface area contributed by atoms with E-state index < -0.39 is 11.9 Å². The highest BCUT2D eigenvalue weighted by Gasteiger charge is 2.17. The van der Waals surface area contributed by atoms with Crippen LogP contribution in [0.25, 0.3) is 0 Å². The third kappa shape index (κ3) is 4.86. The van der Waals surface area contributed by atoms with Gasteiger partial charge in [0.05, 0.1) is 11.3 Å². The molecule has 0 unspecified atom stereocenters. The lowest BCUT2D eigenvalue weighted by atomic mass is 10.0. The van der Waals surface area contributed by atoms with Gasteiger partial charge in [0.1, 0.15) is 18.2 Å². The third-order valence-corrected chi connectivity index (χ3v) is 4.89. The van der Waals surface area contributed by atoms with Crippen molar-refractivity contribution >= 4 is 11.9 Å². The Kier molecular flexibility index (Phi) is 6.51. The van der Waals surface area contributed by atoms with Crippen LogP contribution in [0, 0.1) is 6.92 Å². The lowest BCUT2D eigenvalue weighted by Crippen LogP contribution is -2.05. The number of hydrogen-bond donors (Lipinski definition) is 3. The van der Waals surface area contributed by atoms with Crippen molar-refractivity contribution in [2.45, 2.75) is 39.7 Å². The molecular weight excluding hydrogens is 384 g/mol. The first-order chi connectivity index (χ1) is 14.4. The van der Waals surface area contributed by atoms with Gasteiger partial charge in [0.2, 0.25) is 0 Å². The number of H-pyrrole nitrogens is 1. The van der Waals surface area contributed by atoms with E-state index in [1.54, 1.807) is 19.1 Å². The molecule has 1 aromatic heterocycles. The van der Waals surface area contributed by atoms with E-state index in [1.165, 1.54) is 0 Å². The molecule has 0 bridgehead atoms. The lowest BCUT2D eigenvalue weighted by Gasteiger charge is -2.11. The maximum absolute atomic E-state index is 11.5. The summed E-state index contributed by atoms with van der Waals surface area (Å²) >= 11 is 0. The fraction of sp³-hybridized carbons (Fsp3) is 0.261. The molecule has 3 aromatic rings. The molecule has 3 rings (SSSR count). The van der Waals surface area contributed by atoms with Gasteiger partial charge in [-0.05, 0) is 48.2 Å². The summed E-state index contributed by atoms with van der Waals surface area (Å²) in [6.45, 7) is 4.04. The Hall–Kier alpha value is -3.61. The van der Waals surface area contributed by atoms with Gasteiger partial charge >= 0.3 is 11.9 Å². The molecule has 7 nitrogen and oxygen atoms in total. The van der Waals surface area contributed by atoms with Crippen LogP contribution in [0.4, 0.5) is 0 Å². The minimum atomic E-state index is -1.04. The number of imidazole rings is 1. The van der Waals surface area contributed by atoms with E-state index in [0.717, 1.165) is 17.5 Å². The van der Waals surface area contributed by atoms with Crippen molar-refractivity contribution in [1.29, 1.82) is 0 Å². The Bertz CT molecular complexity index is 1050. The number of rotatable bonds is 9. The van der Waals surface area contributed by atoms with E-state index in [4.69, 9.17) is 4.74 Å². The molecule has 7 heteroatoms. The molecule has 2 aromatic carbocycles. The zero-order valence-corrected chi connectivity index (χ0v) is 16.9. The molecule has 156 valence electrons. The molecular formula is C23H24N2O5. The van der Waals surface area contributed by atoms with Gasteiger partial charge in [-0.15, -0.1) is 0 Å². The molecule has 3 N–H and O–H groups in total. The maximum atomic E-state index is 11.5. The predicted molar refractivity (Wildman–Crippen MR) is 111 cm³/mol. The number of nitrogens with zero attached hydrogens (tertiary/aromatic N) is 1. The van der Waals surface area contributed by atoms with Crippen LogP contribution in [-0.4, -0.2) is 32.1 Å². The Balaban J connectivity index is 1.68. The first-order valence-electron chi connectivity index (χ1n) is 9.73. The van der Waals surface area contributed by atoms with Crippen molar-refractivity contribution in [2.24, 2.45) is 0 Å². The van der Waals surface area contributed by atoms with Crippen molar-refractivity contribution in [1.82, 2.24) is 9.97 Å². The van der Waals surface area contributed by atoms with Crippen molar-refractivity contribution in [3.05, 3.63) is 81.9 Å². The van der Waals surface area contributed by atoms with Gasteiger partial charge in [-0.3, -0.25) is 0 Å². The fourth-order valence-corrected chi connectivity index (χ4v) is 3.26. The second-order valence-electron chi connectivity index (χ2n) is 7.07. The van der Waals surface area contributed by atoms with Crippen LogP contribution in [0.1, 0.15) is 62.4 Å². The second-order valence-corrected chi connectivity index (χ2v) is 7.07.